The number of allylic oxidation sites excluding steroid dienone is 1. The Balaban J connectivity index is 1.50. The van der Waals surface area contributed by atoms with E-state index >= 15 is 0 Å². The van der Waals surface area contributed by atoms with E-state index < -0.39 is 0 Å². The van der Waals surface area contributed by atoms with E-state index in [1.54, 1.807) is 17.0 Å². The van der Waals surface area contributed by atoms with Crippen molar-refractivity contribution in [3.05, 3.63) is 54.4 Å². The van der Waals surface area contributed by atoms with Gasteiger partial charge >= 0.3 is 0 Å². The maximum absolute atomic E-state index is 8.86. The van der Waals surface area contributed by atoms with Gasteiger partial charge < -0.3 is 20.4 Å². The number of rotatable bonds is 6. The molecule has 0 amide bonds. The van der Waals surface area contributed by atoms with Gasteiger partial charge in [-0.1, -0.05) is 0 Å². The van der Waals surface area contributed by atoms with Crippen LogP contribution in [0, 0.1) is 11.3 Å². The number of likely N-dealkylation sites (N-methyl/N-ethyl adjacent to an activating group) is 1. The molecule has 0 atom stereocenters. The fraction of sp³-hybridized carbons (Fsp3) is 0.273. The Morgan fingerprint density at radius 1 is 1.03 bits per heavy atom. The normalized spacial score (nSPS) is 14.5. The Morgan fingerprint density at radius 3 is 2.48 bits per heavy atom. The second-order valence-electron chi connectivity index (χ2n) is 7.42. The second-order valence-corrected chi connectivity index (χ2v) is 7.42. The van der Waals surface area contributed by atoms with E-state index in [9.17, 15) is 0 Å². The third-order valence-electron chi connectivity index (χ3n) is 5.11. The SMILES string of the molecule is CN1CCN(c2ccc(Nc3ncc(/C=C/C#N)c(Nc4ccn(C)n4)n3)cc2)CC1. The Labute approximate surface area is 181 Å². The first kappa shape index (κ1) is 20.4. The minimum atomic E-state index is 0.458. The van der Waals surface area contributed by atoms with Crippen molar-refractivity contribution in [2.24, 2.45) is 7.05 Å². The molecule has 1 saturated heterocycles. The molecule has 2 aromatic heterocycles. The monoisotopic (exact) mass is 415 g/mol. The van der Waals surface area contributed by atoms with Crippen LogP contribution in [0.4, 0.5) is 29.0 Å². The molecule has 9 heteroatoms. The van der Waals surface area contributed by atoms with E-state index in [0.717, 1.165) is 31.9 Å². The van der Waals surface area contributed by atoms with Crippen LogP contribution in [0.1, 0.15) is 5.56 Å². The van der Waals surface area contributed by atoms with Gasteiger partial charge in [-0.05, 0) is 37.4 Å². The first-order valence-electron chi connectivity index (χ1n) is 10.1. The summed E-state index contributed by atoms with van der Waals surface area (Å²) in [7, 11) is 4.00. The zero-order chi connectivity index (χ0) is 21.6. The molecule has 0 bridgehead atoms. The minimum Gasteiger partial charge on any atom is -0.369 e. The van der Waals surface area contributed by atoms with Gasteiger partial charge in [0.1, 0.15) is 5.82 Å². The van der Waals surface area contributed by atoms with Gasteiger partial charge in [-0.15, -0.1) is 0 Å². The highest BCUT2D eigenvalue weighted by Gasteiger charge is 2.14. The number of nitrogens with one attached hydrogen (secondary N) is 2. The molecule has 158 valence electrons. The third-order valence-corrected chi connectivity index (χ3v) is 5.11. The van der Waals surface area contributed by atoms with Gasteiger partial charge in [0.25, 0.3) is 0 Å². The van der Waals surface area contributed by atoms with E-state index in [0.29, 0.717) is 23.1 Å². The van der Waals surface area contributed by atoms with Crippen molar-refractivity contribution in [2.75, 3.05) is 48.8 Å². The molecule has 0 radical (unpaired) electrons. The number of piperazine rings is 1. The number of aromatic nitrogens is 4. The molecule has 1 fully saturated rings. The maximum Gasteiger partial charge on any atom is 0.229 e. The van der Waals surface area contributed by atoms with Crippen molar-refractivity contribution >= 4 is 35.0 Å². The van der Waals surface area contributed by atoms with Crippen LogP contribution in [0.25, 0.3) is 6.08 Å². The summed E-state index contributed by atoms with van der Waals surface area (Å²) in [6, 6.07) is 12.1. The molecule has 1 aromatic carbocycles. The van der Waals surface area contributed by atoms with E-state index in [4.69, 9.17) is 5.26 Å². The second kappa shape index (κ2) is 9.28. The maximum atomic E-state index is 8.86. The number of hydrogen-bond acceptors (Lipinski definition) is 8. The summed E-state index contributed by atoms with van der Waals surface area (Å²) in [5.41, 5.74) is 2.82. The van der Waals surface area contributed by atoms with Crippen LogP contribution < -0.4 is 15.5 Å². The highest BCUT2D eigenvalue weighted by molar-refractivity contribution is 5.69. The number of benzene rings is 1. The number of nitrogens with zero attached hydrogens (tertiary/aromatic N) is 7. The van der Waals surface area contributed by atoms with Crippen LogP contribution in [-0.2, 0) is 7.05 Å². The van der Waals surface area contributed by atoms with Gasteiger partial charge in [-0.2, -0.15) is 15.3 Å². The zero-order valence-corrected chi connectivity index (χ0v) is 17.7. The largest absolute Gasteiger partial charge is 0.369 e. The fourth-order valence-corrected chi connectivity index (χ4v) is 3.35. The lowest BCUT2D eigenvalue weighted by Gasteiger charge is -2.34. The molecular weight excluding hydrogens is 390 g/mol. The molecule has 0 aliphatic carbocycles. The van der Waals surface area contributed by atoms with Crippen LogP contribution in [0.15, 0.2) is 48.8 Å². The van der Waals surface area contributed by atoms with Crippen LogP contribution in [-0.4, -0.2) is 57.9 Å². The molecule has 1 aliphatic heterocycles. The molecule has 31 heavy (non-hydrogen) atoms. The van der Waals surface area contributed by atoms with E-state index in [1.165, 1.54) is 11.8 Å². The van der Waals surface area contributed by atoms with E-state index in [2.05, 4.69) is 54.7 Å². The third kappa shape index (κ3) is 5.18. The zero-order valence-electron chi connectivity index (χ0n) is 17.7. The van der Waals surface area contributed by atoms with Gasteiger partial charge in [-0.25, -0.2) is 4.98 Å². The Morgan fingerprint density at radius 2 is 1.81 bits per heavy atom. The highest BCUT2D eigenvalue weighted by atomic mass is 15.3. The molecule has 9 nitrogen and oxygen atoms in total. The van der Waals surface area contributed by atoms with Gasteiger partial charge in [0.05, 0.1) is 6.07 Å². The summed E-state index contributed by atoms with van der Waals surface area (Å²) in [5, 5.41) is 19.6. The molecule has 0 saturated carbocycles. The van der Waals surface area contributed by atoms with Crippen molar-refractivity contribution < 1.29 is 0 Å². The molecule has 3 aromatic rings. The summed E-state index contributed by atoms with van der Waals surface area (Å²) >= 11 is 0. The molecule has 2 N–H and O–H groups in total. The van der Waals surface area contributed by atoms with Gasteiger partial charge in [0.15, 0.2) is 5.82 Å². The first-order valence-corrected chi connectivity index (χ1v) is 10.1. The lowest BCUT2D eigenvalue weighted by Crippen LogP contribution is -2.44. The average Bonchev–Trinajstić information content (AvgIpc) is 3.19. The van der Waals surface area contributed by atoms with Crippen LogP contribution in [0.3, 0.4) is 0 Å². The quantitative estimate of drug-likeness (QED) is 0.593. The van der Waals surface area contributed by atoms with Gasteiger partial charge in [-0.3, -0.25) is 4.68 Å². The standard InChI is InChI=1S/C22H25N9/c1-29-12-14-31(15-13-29)19-7-5-18(6-8-19)25-22-24-16-17(4-3-10-23)21(27-22)26-20-9-11-30(2)28-20/h3-9,11,16H,12-15H2,1-2H3,(H2,24,25,26,27,28)/b4-3+. The average molecular weight is 416 g/mol. The number of hydrogen-bond donors (Lipinski definition) is 2. The van der Waals surface area contributed by atoms with Crippen LogP contribution in [0.5, 0.6) is 0 Å². The molecule has 0 unspecified atom stereocenters. The Kier molecular flexibility index (Phi) is 6.10. The van der Waals surface area contributed by atoms with Gasteiger partial charge in [0, 0.05) is 74.7 Å². The van der Waals surface area contributed by atoms with Crippen LogP contribution in [0.2, 0.25) is 0 Å². The lowest BCUT2D eigenvalue weighted by molar-refractivity contribution is 0.313. The summed E-state index contributed by atoms with van der Waals surface area (Å²) in [6.45, 7) is 4.22. The summed E-state index contributed by atoms with van der Waals surface area (Å²) < 4.78 is 1.70. The van der Waals surface area contributed by atoms with Crippen molar-refractivity contribution in [2.45, 2.75) is 0 Å². The minimum absolute atomic E-state index is 0.458. The highest BCUT2D eigenvalue weighted by Crippen LogP contribution is 2.24. The number of nitriles is 1. The molecular formula is C22H25N9. The van der Waals surface area contributed by atoms with Crippen molar-refractivity contribution in [1.29, 1.82) is 5.26 Å². The van der Waals surface area contributed by atoms with E-state index in [1.807, 2.05) is 37.5 Å². The number of aryl methyl sites for hydroxylation is 1. The predicted molar refractivity (Wildman–Crippen MR) is 123 cm³/mol. The van der Waals surface area contributed by atoms with Crippen molar-refractivity contribution in [3.63, 3.8) is 0 Å². The van der Waals surface area contributed by atoms with E-state index in [-0.39, 0.29) is 0 Å². The smallest absolute Gasteiger partial charge is 0.229 e. The number of anilines is 5. The predicted octanol–water partition coefficient (Wildman–Crippen LogP) is 2.99. The van der Waals surface area contributed by atoms with Crippen molar-refractivity contribution in [1.82, 2.24) is 24.6 Å². The summed E-state index contributed by atoms with van der Waals surface area (Å²) in [6.07, 6.45) is 6.58. The summed E-state index contributed by atoms with van der Waals surface area (Å²) in [5.74, 6) is 1.69. The Hall–Kier alpha value is -3.90. The molecule has 0 spiro atoms. The molecule has 3 heterocycles. The Bertz CT molecular complexity index is 1090. The molecule has 1 aliphatic rings. The summed E-state index contributed by atoms with van der Waals surface area (Å²) in [4.78, 5) is 13.7. The van der Waals surface area contributed by atoms with Crippen LogP contribution >= 0.6 is 0 Å². The van der Waals surface area contributed by atoms with Gasteiger partial charge in [0.2, 0.25) is 5.95 Å². The molecule has 4 rings (SSSR count). The fourth-order valence-electron chi connectivity index (χ4n) is 3.35. The topological polar surface area (TPSA) is 97.9 Å². The lowest BCUT2D eigenvalue weighted by atomic mass is 10.2. The first-order chi connectivity index (χ1) is 15.1. The van der Waals surface area contributed by atoms with Crippen molar-refractivity contribution in [3.8, 4) is 6.07 Å².